The van der Waals surface area contributed by atoms with Crippen LogP contribution in [0.1, 0.15) is 54.6 Å². The highest BCUT2D eigenvalue weighted by Gasteiger charge is 2.29. The summed E-state index contributed by atoms with van der Waals surface area (Å²) in [5, 5.41) is 2.49. The van der Waals surface area contributed by atoms with Crippen LogP contribution in [0.15, 0.2) is 11.4 Å². The Balaban J connectivity index is 1.38. The summed E-state index contributed by atoms with van der Waals surface area (Å²) in [5.41, 5.74) is 5.40. The van der Waals surface area contributed by atoms with Crippen LogP contribution >= 0.6 is 22.9 Å². The number of thiophene rings is 1. The van der Waals surface area contributed by atoms with Crippen LogP contribution in [0.3, 0.4) is 0 Å². The van der Waals surface area contributed by atoms with Crippen molar-refractivity contribution in [3.63, 3.8) is 0 Å². The van der Waals surface area contributed by atoms with Crippen LogP contribution in [-0.2, 0) is 4.79 Å². The number of likely N-dealkylation sites (tertiary alicyclic amines) is 1. The minimum Gasteiger partial charge on any atom is -0.369 e. The number of amides is 1. The summed E-state index contributed by atoms with van der Waals surface area (Å²) in [6, 6.07) is 1.81. The lowest BCUT2D eigenvalue weighted by Gasteiger charge is -2.33. The maximum atomic E-state index is 12.5. The monoisotopic (exact) mass is 382 g/mol. The molecule has 0 bridgehead atoms. The summed E-state index contributed by atoms with van der Waals surface area (Å²) in [7, 11) is 0. The first-order valence-corrected chi connectivity index (χ1v) is 10.6. The SMILES string of the molecule is NC(=O)[C@H]1CC[C@H](CCN2CCC(C(=O)c3sccc3Cl)CC2)CC1. The number of rotatable bonds is 6. The molecule has 138 valence electrons. The van der Waals surface area contributed by atoms with E-state index in [9.17, 15) is 9.59 Å². The van der Waals surface area contributed by atoms with Crippen molar-refractivity contribution in [2.45, 2.75) is 44.9 Å². The molecule has 0 spiro atoms. The van der Waals surface area contributed by atoms with Crippen molar-refractivity contribution >= 4 is 34.6 Å². The number of nitrogens with two attached hydrogens (primary N) is 1. The Bertz CT molecular complexity index is 602. The summed E-state index contributed by atoms with van der Waals surface area (Å²) >= 11 is 7.55. The van der Waals surface area contributed by atoms with Gasteiger partial charge in [-0.15, -0.1) is 11.3 Å². The molecule has 0 atom stereocenters. The largest absolute Gasteiger partial charge is 0.369 e. The van der Waals surface area contributed by atoms with E-state index in [-0.39, 0.29) is 23.5 Å². The van der Waals surface area contributed by atoms with Gasteiger partial charge in [0.1, 0.15) is 0 Å². The fourth-order valence-corrected chi connectivity index (χ4v) is 5.34. The van der Waals surface area contributed by atoms with E-state index < -0.39 is 0 Å². The molecule has 1 amide bonds. The molecule has 1 aliphatic carbocycles. The van der Waals surface area contributed by atoms with Gasteiger partial charge in [-0.25, -0.2) is 0 Å². The summed E-state index contributed by atoms with van der Waals surface area (Å²) in [6.45, 7) is 3.10. The van der Waals surface area contributed by atoms with Crippen LogP contribution in [0, 0.1) is 17.8 Å². The van der Waals surface area contributed by atoms with Crippen molar-refractivity contribution in [1.29, 1.82) is 0 Å². The molecular weight excluding hydrogens is 356 g/mol. The Morgan fingerprint density at radius 3 is 2.36 bits per heavy atom. The average Bonchev–Trinajstić information content (AvgIpc) is 3.06. The molecule has 2 heterocycles. The second-order valence-electron chi connectivity index (χ2n) is 7.49. The van der Waals surface area contributed by atoms with E-state index in [0.29, 0.717) is 5.02 Å². The van der Waals surface area contributed by atoms with Gasteiger partial charge in [-0.05, 0) is 81.9 Å². The minimum absolute atomic E-state index is 0.0992. The molecule has 0 aromatic carbocycles. The van der Waals surface area contributed by atoms with Crippen molar-refractivity contribution in [3.8, 4) is 0 Å². The second-order valence-corrected chi connectivity index (χ2v) is 8.81. The third-order valence-corrected chi connectivity index (χ3v) is 7.26. The smallest absolute Gasteiger partial charge is 0.220 e. The molecule has 2 N–H and O–H groups in total. The molecular formula is C19H27ClN2O2S. The van der Waals surface area contributed by atoms with E-state index in [1.54, 1.807) is 0 Å². The predicted molar refractivity (Wildman–Crippen MR) is 102 cm³/mol. The topological polar surface area (TPSA) is 63.4 Å². The molecule has 1 aliphatic heterocycles. The Kier molecular flexibility index (Phi) is 6.53. The van der Waals surface area contributed by atoms with E-state index in [1.165, 1.54) is 17.8 Å². The van der Waals surface area contributed by atoms with Crippen molar-refractivity contribution in [2.24, 2.45) is 23.5 Å². The second kappa shape index (κ2) is 8.65. The molecule has 2 fully saturated rings. The van der Waals surface area contributed by atoms with Crippen molar-refractivity contribution in [2.75, 3.05) is 19.6 Å². The van der Waals surface area contributed by atoms with Gasteiger partial charge in [0.2, 0.25) is 5.91 Å². The van der Waals surface area contributed by atoms with Crippen molar-refractivity contribution in [1.82, 2.24) is 4.90 Å². The zero-order valence-corrected chi connectivity index (χ0v) is 16.2. The number of hydrogen-bond acceptors (Lipinski definition) is 4. The van der Waals surface area contributed by atoms with E-state index in [1.807, 2.05) is 11.4 Å². The zero-order chi connectivity index (χ0) is 17.8. The number of halogens is 1. The van der Waals surface area contributed by atoms with E-state index in [0.717, 1.165) is 69.0 Å². The van der Waals surface area contributed by atoms with Crippen LogP contribution < -0.4 is 5.73 Å². The lowest BCUT2D eigenvalue weighted by atomic mass is 9.80. The molecule has 1 aromatic heterocycles. The molecule has 0 unspecified atom stereocenters. The maximum Gasteiger partial charge on any atom is 0.220 e. The quantitative estimate of drug-likeness (QED) is 0.757. The summed E-state index contributed by atoms with van der Waals surface area (Å²) in [4.78, 5) is 27.0. The first-order chi connectivity index (χ1) is 12.0. The lowest BCUT2D eigenvalue weighted by Crippen LogP contribution is -2.37. The predicted octanol–water partition coefficient (Wildman–Crippen LogP) is 3.98. The molecule has 0 radical (unpaired) electrons. The third-order valence-electron chi connectivity index (χ3n) is 5.90. The van der Waals surface area contributed by atoms with Gasteiger partial charge in [-0.1, -0.05) is 11.6 Å². The first kappa shape index (κ1) is 18.9. The molecule has 4 nitrogen and oxygen atoms in total. The van der Waals surface area contributed by atoms with Gasteiger partial charge in [0.25, 0.3) is 0 Å². The number of hydrogen-bond donors (Lipinski definition) is 1. The Labute approximate surface area is 158 Å². The molecule has 3 rings (SSSR count). The third kappa shape index (κ3) is 4.83. The Morgan fingerprint density at radius 2 is 1.80 bits per heavy atom. The number of ketones is 1. The van der Waals surface area contributed by atoms with Gasteiger partial charge >= 0.3 is 0 Å². The molecule has 1 aromatic rings. The molecule has 1 saturated carbocycles. The van der Waals surface area contributed by atoms with E-state index in [4.69, 9.17) is 17.3 Å². The molecule has 25 heavy (non-hydrogen) atoms. The van der Waals surface area contributed by atoms with Gasteiger partial charge in [0, 0.05) is 11.8 Å². The van der Waals surface area contributed by atoms with Crippen LogP contribution in [0.5, 0.6) is 0 Å². The van der Waals surface area contributed by atoms with Crippen LogP contribution in [0.2, 0.25) is 5.02 Å². The molecule has 6 heteroatoms. The van der Waals surface area contributed by atoms with Gasteiger partial charge < -0.3 is 10.6 Å². The molecule has 1 saturated heterocycles. The van der Waals surface area contributed by atoms with Gasteiger partial charge in [0.05, 0.1) is 9.90 Å². The lowest BCUT2D eigenvalue weighted by molar-refractivity contribution is -0.123. The first-order valence-electron chi connectivity index (χ1n) is 9.33. The average molecular weight is 383 g/mol. The fraction of sp³-hybridized carbons (Fsp3) is 0.684. The van der Waals surface area contributed by atoms with Crippen LogP contribution in [-0.4, -0.2) is 36.2 Å². The van der Waals surface area contributed by atoms with Crippen molar-refractivity contribution < 1.29 is 9.59 Å². The summed E-state index contributed by atoms with van der Waals surface area (Å²) in [5.74, 6) is 1.04. The number of piperidine rings is 1. The highest BCUT2D eigenvalue weighted by atomic mass is 35.5. The molecule has 2 aliphatic rings. The highest BCUT2D eigenvalue weighted by molar-refractivity contribution is 7.12. The number of primary amides is 1. The number of Topliss-reactive ketones (excluding diaryl/α,β-unsaturated/α-hetero) is 1. The Hall–Kier alpha value is -0.910. The van der Waals surface area contributed by atoms with Crippen molar-refractivity contribution in [3.05, 3.63) is 21.3 Å². The van der Waals surface area contributed by atoms with Crippen LogP contribution in [0.25, 0.3) is 0 Å². The van der Waals surface area contributed by atoms with E-state index in [2.05, 4.69) is 4.90 Å². The minimum atomic E-state index is -0.129. The Morgan fingerprint density at radius 1 is 1.12 bits per heavy atom. The fourth-order valence-electron chi connectivity index (χ4n) is 4.17. The van der Waals surface area contributed by atoms with Gasteiger partial charge in [-0.2, -0.15) is 0 Å². The highest BCUT2D eigenvalue weighted by Crippen LogP contribution is 2.32. The zero-order valence-electron chi connectivity index (χ0n) is 14.6. The standard InChI is InChI=1S/C19H27ClN2O2S/c20-16-8-12-25-18(16)17(23)14-6-10-22(11-7-14)9-5-13-1-3-15(4-2-13)19(21)24/h8,12-15H,1-7,9-11H2,(H2,21,24)/t13-,15-. The van der Waals surface area contributed by atoms with Crippen LogP contribution in [0.4, 0.5) is 0 Å². The van der Waals surface area contributed by atoms with Gasteiger partial charge in [-0.3, -0.25) is 9.59 Å². The number of carbonyl (C=O) groups excluding carboxylic acids is 2. The normalized spacial score (nSPS) is 25.8. The number of carbonyl (C=O) groups is 2. The summed E-state index contributed by atoms with van der Waals surface area (Å²) in [6.07, 6.45) is 7.22. The maximum absolute atomic E-state index is 12.5. The van der Waals surface area contributed by atoms with E-state index >= 15 is 0 Å². The summed E-state index contributed by atoms with van der Waals surface area (Å²) < 4.78 is 0. The van der Waals surface area contributed by atoms with Gasteiger partial charge in [0.15, 0.2) is 5.78 Å². The number of nitrogens with zero attached hydrogens (tertiary/aromatic N) is 1.